The third kappa shape index (κ3) is 8.12. The Balaban J connectivity index is 1.37. The summed E-state index contributed by atoms with van der Waals surface area (Å²) in [6.07, 6.45) is 9.81. The van der Waals surface area contributed by atoms with Crippen LogP contribution in [-0.4, -0.2) is 86.5 Å². The number of amides is 3. The molecule has 3 amide bonds. The number of anilines is 1. The first-order valence-electron chi connectivity index (χ1n) is 18.3. The zero-order valence-corrected chi connectivity index (χ0v) is 29.8. The number of carbonyl (C=O) groups excluding carboxylic acids is 3. The molecule has 3 aliphatic heterocycles. The largest absolute Gasteiger partial charge is 0.479 e. The number of fused-ring (bicyclic) bond motifs is 2. The molecule has 13 heteroatoms. The number of rotatable bonds is 5. The second-order valence-corrected chi connectivity index (χ2v) is 15.3. The molecule has 274 valence electrons. The van der Waals surface area contributed by atoms with Gasteiger partial charge in [-0.05, 0) is 65.7 Å². The van der Waals surface area contributed by atoms with E-state index in [1.807, 2.05) is 42.5 Å². The van der Waals surface area contributed by atoms with Gasteiger partial charge in [0.15, 0.2) is 0 Å². The van der Waals surface area contributed by atoms with Gasteiger partial charge in [-0.15, -0.1) is 0 Å². The van der Waals surface area contributed by atoms with Crippen LogP contribution in [0.5, 0.6) is 0 Å². The van der Waals surface area contributed by atoms with Crippen LogP contribution in [0.2, 0.25) is 0 Å². The number of aromatic nitrogens is 2. The maximum Gasteiger partial charge on any atom is 0.408 e. The molecular formula is C38H50N6O7. The predicted octanol–water partition coefficient (Wildman–Crippen LogP) is 4.42. The normalized spacial score (nSPS) is 28.0. The fourth-order valence-electron chi connectivity index (χ4n) is 7.60. The lowest BCUT2D eigenvalue weighted by Crippen LogP contribution is -2.56. The molecule has 3 N–H and O–H groups in total. The Morgan fingerprint density at radius 1 is 1.02 bits per heavy atom. The summed E-state index contributed by atoms with van der Waals surface area (Å²) in [5.41, 5.74) is -0.392. The number of ether oxygens (including phenoxy) is 1. The minimum Gasteiger partial charge on any atom is -0.479 e. The third-order valence-electron chi connectivity index (χ3n) is 10.4. The molecule has 2 saturated heterocycles. The highest BCUT2D eigenvalue weighted by Gasteiger charge is 2.61. The van der Waals surface area contributed by atoms with Crippen LogP contribution in [0.3, 0.4) is 0 Å². The monoisotopic (exact) mass is 702 g/mol. The van der Waals surface area contributed by atoms with E-state index in [0.717, 1.165) is 62.9 Å². The zero-order valence-electron chi connectivity index (χ0n) is 29.8. The van der Waals surface area contributed by atoms with Crippen molar-refractivity contribution >= 4 is 29.6 Å². The molecule has 3 fully saturated rings. The van der Waals surface area contributed by atoms with Gasteiger partial charge in [-0.3, -0.25) is 14.4 Å². The molecule has 1 saturated carbocycles. The molecule has 4 aliphatic rings. The maximum atomic E-state index is 14.5. The summed E-state index contributed by atoms with van der Waals surface area (Å²) in [6.45, 7) is 6.80. The topological polar surface area (TPSA) is 163 Å². The fourth-order valence-corrected chi connectivity index (χ4v) is 7.60. The van der Waals surface area contributed by atoms with Gasteiger partial charge in [0.2, 0.25) is 11.8 Å². The van der Waals surface area contributed by atoms with Crippen molar-refractivity contribution in [3.8, 4) is 11.3 Å². The molecule has 5 atom stereocenters. The molecular weight excluding hydrogens is 652 g/mol. The van der Waals surface area contributed by atoms with Gasteiger partial charge in [-0.1, -0.05) is 55.3 Å². The van der Waals surface area contributed by atoms with Crippen molar-refractivity contribution in [2.24, 2.45) is 5.92 Å². The zero-order chi connectivity index (χ0) is 36.3. The average molecular weight is 703 g/mol. The molecule has 4 heterocycles. The van der Waals surface area contributed by atoms with Gasteiger partial charge in [-0.2, -0.15) is 5.10 Å². The summed E-state index contributed by atoms with van der Waals surface area (Å²) in [4.78, 5) is 71.6. The molecule has 51 heavy (non-hydrogen) atoms. The summed E-state index contributed by atoms with van der Waals surface area (Å²) >= 11 is 0. The minimum absolute atomic E-state index is 0.0307. The first kappa shape index (κ1) is 36.1. The number of alkyl carbamates (subject to hydrolysis) is 1. The van der Waals surface area contributed by atoms with Gasteiger partial charge in [0.1, 0.15) is 28.9 Å². The smallest absolute Gasteiger partial charge is 0.408 e. The molecule has 0 spiro atoms. The van der Waals surface area contributed by atoms with Gasteiger partial charge in [0.05, 0.1) is 11.7 Å². The van der Waals surface area contributed by atoms with E-state index in [-0.39, 0.29) is 30.9 Å². The van der Waals surface area contributed by atoms with Gasteiger partial charge >= 0.3 is 12.1 Å². The van der Waals surface area contributed by atoms with Gasteiger partial charge in [0, 0.05) is 43.6 Å². The number of hydrogen-bond donors (Lipinski definition) is 3. The quantitative estimate of drug-likeness (QED) is 0.383. The Hall–Kier alpha value is -4.68. The van der Waals surface area contributed by atoms with E-state index < -0.39 is 53.1 Å². The van der Waals surface area contributed by atoms with Crippen molar-refractivity contribution in [1.82, 2.24) is 25.3 Å². The van der Waals surface area contributed by atoms with Crippen molar-refractivity contribution in [1.29, 1.82) is 0 Å². The molecule has 1 aromatic carbocycles. The van der Waals surface area contributed by atoms with Crippen molar-refractivity contribution in [3.05, 3.63) is 58.9 Å². The number of benzene rings is 1. The molecule has 0 radical (unpaired) electrons. The second kappa shape index (κ2) is 14.9. The Bertz CT molecular complexity index is 1710. The number of carboxylic acid groups (broad SMARTS) is 1. The van der Waals surface area contributed by atoms with E-state index >= 15 is 0 Å². The molecule has 0 unspecified atom stereocenters. The summed E-state index contributed by atoms with van der Waals surface area (Å²) in [6, 6.07) is 8.45. The van der Waals surface area contributed by atoms with Gasteiger partial charge < -0.3 is 30.3 Å². The predicted molar refractivity (Wildman–Crippen MR) is 191 cm³/mol. The Morgan fingerprint density at radius 3 is 2.45 bits per heavy atom. The van der Waals surface area contributed by atoms with Crippen LogP contribution in [0.25, 0.3) is 11.3 Å². The minimum atomic E-state index is -1.47. The van der Waals surface area contributed by atoms with Crippen LogP contribution in [0.15, 0.2) is 53.3 Å². The average Bonchev–Trinajstić information content (AvgIpc) is 3.61. The lowest BCUT2D eigenvalue weighted by Gasteiger charge is -2.31. The molecule has 6 rings (SSSR count). The lowest BCUT2D eigenvalue weighted by molar-refractivity contribution is -0.145. The standard InChI is InChI=1S/C38H50N6O7/c1-37(2,3)51-36(50)39-28-18-12-6-4-5-11-17-26-23-38(26,35(48)49)40-33(46)30-21-27(24-43(30)34(28)47)44-31(45)22-29(42-19-13-8-14-20-42)32(41-44)25-15-9-7-10-16-25/h7,9-11,15-17,22,26-28,30H,4-6,8,12-14,18-21,23-24H2,1-3H3,(H,39,50)(H,40,46)(H,48,49)/b17-11-/t26-,27+,28+,30+,38-/m1/s1. The van der Waals surface area contributed by atoms with Crippen LogP contribution in [-0.2, 0) is 19.1 Å². The number of piperidine rings is 1. The Morgan fingerprint density at radius 2 is 1.75 bits per heavy atom. The van der Waals surface area contributed by atoms with E-state index in [9.17, 15) is 29.1 Å². The Kier molecular flexibility index (Phi) is 10.5. The van der Waals surface area contributed by atoms with Crippen molar-refractivity contribution < 1.29 is 29.0 Å². The van der Waals surface area contributed by atoms with Crippen molar-refractivity contribution in [2.45, 2.75) is 114 Å². The van der Waals surface area contributed by atoms with E-state index in [4.69, 9.17) is 9.84 Å². The highest BCUT2D eigenvalue weighted by molar-refractivity contribution is 5.96. The number of allylic oxidation sites excluding steroid dienone is 1. The van der Waals surface area contributed by atoms with E-state index in [1.54, 1.807) is 26.8 Å². The highest BCUT2D eigenvalue weighted by Crippen LogP contribution is 2.45. The number of nitrogens with one attached hydrogen (secondary N) is 2. The second-order valence-electron chi connectivity index (χ2n) is 15.3. The summed E-state index contributed by atoms with van der Waals surface area (Å²) in [5.74, 6) is -2.61. The lowest BCUT2D eigenvalue weighted by atomic mass is 10.0. The fraction of sp³-hybridized carbons (Fsp3) is 0.579. The van der Waals surface area contributed by atoms with Crippen LogP contribution < -0.4 is 21.1 Å². The molecule has 13 nitrogen and oxygen atoms in total. The Labute approximate surface area is 298 Å². The van der Waals surface area contributed by atoms with Crippen LogP contribution >= 0.6 is 0 Å². The summed E-state index contributed by atoms with van der Waals surface area (Å²) < 4.78 is 6.86. The van der Waals surface area contributed by atoms with E-state index in [0.29, 0.717) is 18.5 Å². The third-order valence-corrected chi connectivity index (χ3v) is 10.4. The number of aliphatic carboxylic acids is 1. The van der Waals surface area contributed by atoms with E-state index in [2.05, 4.69) is 15.5 Å². The van der Waals surface area contributed by atoms with Crippen LogP contribution in [0, 0.1) is 5.92 Å². The first-order valence-corrected chi connectivity index (χ1v) is 18.3. The highest BCUT2D eigenvalue weighted by atomic mass is 16.6. The van der Waals surface area contributed by atoms with E-state index in [1.165, 1.54) is 9.58 Å². The van der Waals surface area contributed by atoms with Gasteiger partial charge in [-0.25, -0.2) is 14.3 Å². The maximum absolute atomic E-state index is 14.5. The molecule has 2 aromatic rings. The number of nitrogens with zero attached hydrogens (tertiary/aromatic N) is 4. The number of carboxylic acids is 1. The summed E-state index contributed by atoms with van der Waals surface area (Å²) in [7, 11) is 0. The number of hydrogen-bond acceptors (Lipinski definition) is 8. The van der Waals surface area contributed by atoms with Gasteiger partial charge in [0.25, 0.3) is 5.56 Å². The van der Waals surface area contributed by atoms with Crippen LogP contribution in [0.4, 0.5) is 10.5 Å². The van der Waals surface area contributed by atoms with Crippen LogP contribution in [0.1, 0.15) is 91.0 Å². The summed E-state index contributed by atoms with van der Waals surface area (Å²) in [5, 5.41) is 20.7. The van der Waals surface area contributed by atoms with Crippen molar-refractivity contribution in [2.75, 3.05) is 24.5 Å². The number of carbonyl (C=O) groups is 4. The first-order chi connectivity index (χ1) is 24.4. The van der Waals surface area contributed by atoms with Crippen molar-refractivity contribution in [3.63, 3.8) is 0 Å². The molecule has 1 aliphatic carbocycles. The molecule has 1 aromatic heterocycles. The SMILES string of the molecule is CC(C)(C)OC(=O)N[C@H]1CCCCC/C=C\[C@@H]2C[C@@]2(C(=O)O)NC(=O)[C@@H]2C[C@H](n3nc(-c4ccccc4)c(N4CCCCC4)cc3=O)CN2C1=O. The molecule has 0 bridgehead atoms.